The van der Waals surface area contributed by atoms with Gasteiger partial charge in [0.2, 0.25) is 5.88 Å². The van der Waals surface area contributed by atoms with E-state index in [9.17, 15) is 9.90 Å². The highest BCUT2D eigenvalue weighted by Gasteiger charge is 2.45. The van der Waals surface area contributed by atoms with Crippen LogP contribution in [0.4, 0.5) is 10.2 Å². The number of alkyl halides is 1. The maximum atomic E-state index is 16.4. The van der Waals surface area contributed by atoms with Gasteiger partial charge in [0.15, 0.2) is 11.4 Å². The van der Waals surface area contributed by atoms with Crippen molar-refractivity contribution in [2.45, 2.75) is 50.9 Å². The number of carboxylic acids is 1. The number of fused-ring (bicyclic) bond motifs is 3. The Morgan fingerprint density at radius 3 is 2.95 bits per heavy atom. The minimum atomic E-state index is -1.69. The summed E-state index contributed by atoms with van der Waals surface area (Å²) in [5.41, 5.74) is 0.236. The van der Waals surface area contributed by atoms with E-state index in [2.05, 4.69) is 10.3 Å². The molecule has 2 saturated heterocycles. The number of furan rings is 1. The van der Waals surface area contributed by atoms with E-state index in [0.717, 1.165) is 5.39 Å². The first kappa shape index (κ1) is 28.6. The Balaban J connectivity index is 1.37. The second-order valence-electron chi connectivity index (χ2n) is 10.9. The molecular formula is C30H33ClFN5O5. The molecule has 2 fully saturated rings. The Morgan fingerprint density at radius 2 is 2.17 bits per heavy atom. The highest BCUT2D eigenvalue weighted by molar-refractivity contribution is 6.30. The number of pyridine rings is 1. The molecule has 4 aromatic rings. The Kier molecular flexibility index (Phi) is 7.91. The zero-order valence-electron chi connectivity index (χ0n) is 23.5. The quantitative estimate of drug-likeness (QED) is 0.257. The van der Waals surface area contributed by atoms with Crippen LogP contribution in [0, 0.1) is 5.92 Å². The van der Waals surface area contributed by atoms with Crippen LogP contribution in [0.3, 0.4) is 0 Å². The molecule has 6 rings (SSSR count). The molecule has 0 spiro atoms. The van der Waals surface area contributed by atoms with Crippen molar-refractivity contribution in [1.29, 1.82) is 0 Å². The number of para-hydroxylation sites is 1. The van der Waals surface area contributed by atoms with E-state index in [1.54, 1.807) is 11.0 Å². The maximum absolute atomic E-state index is 16.4. The minimum absolute atomic E-state index is 0.126. The van der Waals surface area contributed by atoms with Crippen LogP contribution < -0.4 is 15.0 Å². The van der Waals surface area contributed by atoms with Crippen molar-refractivity contribution in [3.63, 3.8) is 0 Å². The molecule has 0 saturated carbocycles. The lowest BCUT2D eigenvalue weighted by atomic mass is 9.79. The number of benzene rings is 1. The van der Waals surface area contributed by atoms with E-state index in [1.807, 2.05) is 38.1 Å². The van der Waals surface area contributed by atoms with Crippen LogP contribution in [0.5, 0.6) is 5.88 Å². The monoisotopic (exact) mass is 597 g/mol. The lowest BCUT2D eigenvalue weighted by Gasteiger charge is -2.37. The van der Waals surface area contributed by atoms with Gasteiger partial charge in [-0.1, -0.05) is 30.7 Å². The number of nitrogens with one attached hydrogen (secondary N) is 1. The van der Waals surface area contributed by atoms with Gasteiger partial charge >= 0.3 is 5.97 Å². The third kappa shape index (κ3) is 5.25. The summed E-state index contributed by atoms with van der Waals surface area (Å²) in [6, 6.07) is 8.13. The van der Waals surface area contributed by atoms with Crippen LogP contribution >= 0.6 is 11.6 Å². The average molecular weight is 598 g/mol. The molecule has 12 heteroatoms. The van der Waals surface area contributed by atoms with Gasteiger partial charge in [-0.3, -0.25) is 0 Å². The molecule has 0 bridgehead atoms. The first-order valence-electron chi connectivity index (χ1n) is 14.3. The number of piperidine rings is 1. The Morgan fingerprint density at radius 1 is 1.33 bits per heavy atom. The zero-order valence-corrected chi connectivity index (χ0v) is 24.2. The molecule has 2 N–H and O–H groups in total. The number of carbonyl (C=O) groups is 1. The molecule has 2 aliphatic rings. The molecular weight excluding hydrogens is 565 g/mol. The highest BCUT2D eigenvalue weighted by atomic mass is 35.5. The molecule has 2 aliphatic heterocycles. The molecule has 1 aromatic carbocycles. The SMILES string of the molecule is CCOCCc1nc(N2CC(Oc3ncc(Cl)cc3[C@@]3(F)CCNC[C@@H]3C)C[C@H]2C(=O)O)c2oc3ccccc3c2n1. The number of halogens is 2. The summed E-state index contributed by atoms with van der Waals surface area (Å²) in [5, 5.41) is 14.6. The van der Waals surface area contributed by atoms with E-state index in [1.165, 1.54) is 6.20 Å². The summed E-state index contributed by atoms with van der Waals surface area (Å²) < 4.78 is 34.5. The first-order valence-corrected chi connectivity index (χ1v) is 14.6. The Hall–Kier alpha value is -3.54. The lowest BCUT2D eigenvalue weighted by molar-refractivity contribution is -0.138. The molecule has 1 unspecified atom stereocenters. The minimum Gasteiger partial charge on any atom is -0.480 e. The second kappa shape index (κ2) is 11.6. The molecule has 0 amide bonds. The number of ether oxygens (including phenoxy) is 2. The van der Waals surface area contributed by atoms with E-state index < -0.39 is 23.8 Å². The summed E-state index contributed by atoms with van der Waals surface area (Å²) in [5.74, 6) is -0.344. The number of aliphatic carboxylic acids is 1. The van der Waals surface area contributed by atoms with Crippen LogP contribution in [-0.4, -0.2) is 71.0 Å². The van der Waals surface area contributed by atoms with Gasteiger partial charge in [0.25, 0.3) is 0 Å². The molecule has 42 heavy (non-hydrogen) atoms. The van der Waals surface area contributed by atoms with Crippen molar-refractivity contribution in [3.05, 3.63) is 52.9 Å². The smallest absolute Gasteiger partial charge is 0.326 e. The normalized spacial score (nSPS) is 24.5. The fourth-order valence-corrected chi connectivity index (χ4v) is 6.12. The Labute approximate surface area is 247 Å². The first-order chi connectivity index (χ1) is 20.3. The standard InChI is InChI=1S/C30H33ClFN5O5/c1-3-40-11-8-24-35-25-20-6-4-5-7-23(20)42-26(25)27(36-24)37-16-19(13-22(37)29(38)39)41-28-21(12-18(31)15-34-28)30(32)9-10-33-14-17(30)2/h4-7,12,15,17,19,22,33H,3,8-11,13-14,16H2,1-2H3,(H,38,39)/t17-,19?,22-,30+/m0/s1. The van der Waals surface area contributed by atoms with Crippen molar-refractivity contribution in [3.8, 4) is 5.88 Å². The van der Waals surface area contributed by atoms with Crippen LogP contribution in [0.25, 0.3) is 22.1 Å². The van der Waals surface area contributed by atoms with Crippen LogP contribution in [0.15, 0.2) is 40.9 Å². The van der Waals surface area contributed by atoms with Crippen LogP contribution in [0.2, 0.25) is 5.02 Å². The van der Waals surface area contributed by atoms with Crippen LogP contribution in [0.1, 0.15) is 38.1 Å². The molecule has 4 atom stereocenters. The van der Waals surface area contributed by atoms with Crippen LogP contribution in [-0.2, 0) is 21.6 Å². The molecule has 10 nitrogen and oxygen atoms in total. The summed E-state index contributed by atoms with van der Waals surface area (Å²) >= 11 is 6.26. The third-order valence-corrected chi connectivity index (χ3v) is 8.39. The Bertz CT molecular complexity index is 1620. The number of aromatic nitrogens is 3. The van der Waals surface area contributed by atoms with Gasteiger partial charge in [-0.25, -0.2) is 24.1 Å². The number of rotatable bonds is 9. The van der Waals surface area contributed by atoms with Crippen molar-refractivity contribution in [2.75, 3.05) is 37.7 Å². The number of carboxylic acid groups (broad SMARTS) is 1. The lowest BCUT2D eigenvalue weighted by Crippen LogP contribution is -2.44. The van der Waals surface area contributed by atoms with Gasteiger partial charge in [-0.2, -0.15) is 0 Å². The summed E-state index contributed by atoms with van der Waals surface area (Å²) in [7, 11) is 0. The number of hydrogen-bond donors (Lipinski definition) is 2. The van der Waals surface area contributed by atoms with E-state index >= 15 is 4.39 Å². The predicted octanol–water partition coefficient (Wildman–Crippen LogP) is 4.91. The summed E-state index contributed by atoms with van der Waals surface area (Å²) in [6.07, 6.45) is 1.64. The van der Waals surface area contributed by atoms with Crippen molar-refractivity contribution in [2.24, 2.45) is 5.92 Å². The highest BCUT2D eigenvalue weighted by Crippen LogP contribution is 2.44. The fourth-order valence-electron chi connectivity index (χ4n) is 5.96. The van der Waals surface area contributed by atoms with E-state index in [-0.39, 0.29) is 36.7 Å². The van der Waals surface area contributed by atoms with Crippen molar-refractivity contribution >= 4 is 45.5 Å². The third-order valence-electron chi connectivity index (χ3n) is 8.18. The predicted molar refractivity (Wildman–Crippen MR) is 156 cm³/mol. The number of anilines is 1. The second-order valence-corrected chi connectivity index (χ2v) is 11.3. The molecule has 0 aliphatic carbocycles. The fraction of sp³-hybridized carbons (Fsp3) is 0.467. The van der Waals surface area contributed by atoms with Gasteiger partial charge in [-0.15, -0.1) is 0 Å². The van der Waals surface area contributed by atoms with Gasteiger partial charge in [0, 0.05) is 43.5 Å². The topological polar surface area (TPSA) is 123 Å². The maximum Gasteiger partial charge on any atom is 0.326 e. The molecule has 0 radical (unpaired) electrons. The largest absolute Gasteiger partial charge is 0.480 e. The van der Waals surface area contributed by atoms with Crippen molar-refractivity contribution in [1.82, 2.24) is 20.3 Å². The number of nitrogens with zero attached hydrogens (tertiary/aromatic N) is 4. The van der Waals surface area contributed by atoms with E-state index in [0.29, 0.717) is 66.1 Å². The molecule has 5 heterocycles. The van der Waals surface area contributed by atoms with Gasteiger partial charge in [-0.05, 0) is 38.1 Å². The van der Waals surface area contributed by atoms with Gasteiger partial charge < -0.3 is 29.2 Å². The molecule has 3 aromatic heterocycles. The zero-order chi connectivity index (χ0) is 29.4. The van der Waals surface area contributed by atoms with Gasteiger partial charge in [0.1, 0.15) is 34.7 Å². The molecule has 222 valence electrons. The summed E-state index contributed by atoms with van der Waals surface area (Å²) in [4.78, 5) is 28.1. The average Bonchev–Trinajstić information content (AvgIpc) is 3.57. The number of hydrogen-bond acceptors (Lipinski definition) is 9. The van der Waals surface area contributed by atoms with E-state index in [4.69, 9.17) is 35.5 Å². The van der Waals surface area contributed by atoms with Crippen molar-refractivity contribution < 1.29 is 28.2 Å². The summed E-state index contributed by atoms with van der Waals surface area (Å²) in [6.45, 7) is 5.93. The van der Waals surface area contributed by atoms with Gasteiger partial charge in [0.05, 0.1) is 23.7 Å².